The second-order valence-corrected chi connectivity index (χ2v) is 21.0. The minimum atomic E-state index is -2.07. The van der Waals surface area contributed by atoms with Gasteiger partial charge < -0.3 is 0 Å². The summed E-state index contributed by atoms with van der Waals surface area (Å²) in [7, 11) is 0. The van der Waals surface area contributed by atoms with Crippen LogP contribution in [0.4, 0.5) is 0 Å². The third kappa shape index (κ3) is 9.41. The first kappa shape index (κ1) is 22.0. The molecule has 0 atom stereocenters. The first-order chi connectivity index (χ1) is 11.8. The number of ether oxygens (including phenoxy) is 1. The molecule has 138 valence electrons. The molecule has 0 bridgehead atoms. The Hall–Kier alpha value is -0.0913. The quantitative estimate of drug-likeness (QED) is 0.232. The third-order valence-electron chi connectivity index (χ3n) is 5.04. The van der Waals surface area contributed by atoms with E-state index in [1.807, 2.05) is 12.3 Å². The molecule has 1 aromatic heterocycles. The van der Waals surface area contributed by atoms with Crippen LogP contribution in [0, 0.1) is 0 Å². The molecule has 1 aromatic rings. The van der Waals surface area contributed by atoms with Gasteiger partial charge in [0, 0.05) is 0 Å². The molecule has 0 spiro atoms. The summed E-state index contributed by atoms with van der Waals surface area (Å²) in [5, 5.41) is 0. The van der Waals surface area contributed by atoms with Crippen molar-refractivity contribution in [1.82, 2.24) is 4.98 Å². The Bertz CT molecular complexity index is 374. The summed E-state index contributed by atoms with van der Waals surface area (Å²) >= 11 is -2.07. The number of pyridine rings is 1. The molecule has 0 aliphatic rings. The van der Waals surface area contributed by atoms with Gasteiger partial charge in [0.1, 0.15) is 0 Å². The Labute approximate surface area is 154 Å². The second kappa shape index (κ2) is 14.1. The Morgan fingerprint density at radius 3 is 2.00 bits per heavy atom. The molecule has 0 saturated carbocycles. The van der Waals surface area contributed by atoms with Crippen molar-refractivity contribution in [2.45, 2.75) is 85.4 Å². The van der Waals surface area contributed by atoms with E-state index in [0.717, 1.165) is 24.1 Å². The van der Waals surface area contributed by atoms with E-state index in [9.17, 15) is 0 Å². The monoisotopic (exact) mass is 441 g/mol. The van der Waals surface area contributed by atoms with Crippen LogP contribution >= 0.6 is 0 Å². The molecule has 0 aliphatic heterocycles. The van der Waals surface area contributed by atoms with Crippen molar-refractivity contribution >= 4 is 18.4 Å². The van der Waals surface area contributed by atoms with Crippen molar-refractivity contribution in [1.29, 1.82) is 0 Å². The molecule has 2 nitrogen and oxygen atoms in total. The molecule has 3 heteroatoms. The van der Waals surface area contributed by atoms with E-state index in [4.69, 9.17) is 4.74 Å². The molecule has 0 amide bonds. The molecular formula is C21H39NOSn. The van der Waals surface area contributed by atoms with Crippen LogP contribution in [-0.4, -0.2) is 34.6 Å². The van der Waals surface area contributed by atoms with Gasteiger partial charge in [-0.3, -0.25) is 0 Å². The SMILES string of the molecule is CCC[CH2][Sn]([CH2]CCC)([CH2]CCC)[CH2]OCCCc1ccccn1. The minimum absolute atomic E-state index is 0.916. The van der Waals surface area contributed by atoms with Gasteiger partial charge in [-0.05, 0) is 0 Å². The second-order valence-electron chi connectivity index (χ2n) is 7.29. The van der Waals surface area contributed by atoms with Gasteiger partial charge in [-0.1, -0.05) is 0 Å². The number of aromatic nitrogens is 1. The predicted octanol–water partition coefficient (Wildman–Crippen LogP) is 6.42. The molecule has 0 unspecified atom stereocenters. The molecule has 0 aliphatic carbocycles. The Morgan fingerprint density at radius 2 is 1.50 bits per heavy atom. The van der Waals surface area contributed by atoms with E-state index >= 15 is 0 Å². The van der Waals surface area contributed by atoms with Crippen LogP contribution in [-0.2, 0) is 11.2 Å². The maximum atomic E-state index is 6.28. The van der Waals surface area contributed by atoms with Crippen molar-refractivity contribution < 1.29 is 4.74 Å². The fourth-order valence-corrected chi connectivity index (χ4v) is 17.9. The first-order valence-corrected chi connectivity index (χ1v) is 18.3. The summed E-state index contributed by atoms with van der Waals surface area (Å²) < 4.78 is 12.1. The standard InChI is InChI=1S/C9H12NO.3C4H9.Sn/c1-11-8-4-6-9-5-2-3-7-10-9;3*1-3-4-2;/h2-3,5,7H,1,4,6,8H2;3*1,3-4H2,2H3;. The maximum absolute atomic E-state index is 6.28. The predicted molar refractivity (Wildman–Crippen MR) is 108 cm³/mol. The average Bonchev–Trinajstić information content (AvgIpc) is 2.63. The average molecular weight is 440 g/mol. The summed E-state index contributed by atoms with van der Waals surface area (Å²) in [6.45, 7) is 7.93. The van der Waals surface area contributed by atoms with Gasteiger partial charge in [-0.2, -0.15) is 0 Å². The van der Waals surface area contributed by atoms with Crippen molar-refractivity contribution in [2.24, 2.45) is 0 Å². The van der Waals surface area contributed by atoms with Gasteiger partial charge >= 0.3 is 155 Å². The van der Waals surface area contributed by atoms with Gasteiger partial charge in [-0.25, -0.2) is 0 Å². The number of hydrogen-bond acceptors (Lipinski definition) is 2. The summed E-state index contributed by atoms with van der Waals surface area (Å²) in [4.78, 5) is 4.40. The van der Waals surface area contributed by atoms with E-state index in [-0.39, 0.29) is 0 Å². The van der Waals surface area contributed by atoms with E-state index in [1.165, 1.54) is 44.2 Å². The Kier molecular flexibility index (Phi) is 12.9. The van der Waals surface area contributed by atoms with Crippen LogP contribution in [0.15, 0.2) is 24.4 Å². The number of unbranched alkanes of at least 4 members (excludes halogenated alkanes) is 3. The Balaban J connectivity index is 2.42. The molecule has 0 aromatic carbocycles. The third-order valence-corrected chi connectivity index (χ3v) is 19.5. The van der Waals surface area contributed by atoms with E-state index < -0.39 is 18.4 Å². The molecule has 0 fully saturated rings. The summed E-state index contributed by atoms with van der Waals surface area (Å²) in [5.74, 6) is 0. The van der Waals surface area contributed by atoms with Crippen molar-refractivity contribution in [3.05, 3.63) is 30.1 Å². The fourth-order valence-electron chi connectivity index (χ4n) is 3.44. The molecule has 0 N–H and O–H groups in total. The molecule has 0 saturated heterocycles. The zero-order valence-electron chi connectivity index (χ0n) is 16.4. The zero-order valence-corrected chi connectivity index (χ0v) is 19.2. The van der Waals surface area contributed by atoms with Crippen molar-refractivity contribution in [3.8, 4) is 0 Å². The van der Waals surface area contributed by atoms with Crippen LogP contribution in [0.1, 0.15) is 71.4 Å². The van der Waals surface area contributed by atoms with E-state index in [2.05, 4.69) is 37.9 Å². The summed E-state index contributed by atoms with van der Waals surface area (Å²) in [5.41, 5.74) is 1.19. The molecule has 1 rings (SSSR count). The van der Waals surface area contributed by atoms with Crippen LogP contribution in [0.3, 0.4) is 0 Å². The van der Waals surface area contributed by atoms with Crippen LogP contribution in [0.5, 0.6) is 0 Å². The van der Waals surface area contributed by atoms with Crippen molar-refractivity contribution in [3.63, 3.8) is 0 Å². The number of rotatable bonds is 15. The normalized spacial score (nSPS) is 11.8. The van der Waals surface area contributed by atoms with Crippen LogP contribution in [0.2, 0.25) is 13.3 Å². The zero-order chi connectivity index (χ0) is 17.5. The van der Waals surface area contributed by atoms with Gasteiger partial charge in [0.05, 0.1) is 0 Å². The fraction of sp³-hybridized carbons (Fsp3) is 0.762. The van der Waals surface area contributed by atoms with Crippen LogP contribution < -0.4 is 0 Å². The number of aryl methyl sites for hydroxylation is 1. The van der Waals surface area contributed by atoms with Gasteiger partial charge in [0.25, 0.3) is 0 Å². The summed E-state index contributed by atoms with van der Waals surface area (Å²) in [6.07, 6.45) is 12.4. The summed E-state index contributed by atoms with van der Waals surface area (Å²) in [6, 6.07) is 6.18. The van der Waals surface area contributed by atoms with E-state index in [1.54, 1.807) is 13.3 Å². The molecular weight excluding hydrogens is 401 g/mol. The van der Waals surface area contributed by atoms with Gasteiger partial charge in [0.2, 0.25) is 0 Å². The van der Waals surface area contributed by atoms with Crippen LogP contribution in [0.25, 0.3) is 0 Å². The van der Waals surface area contributed by atoms with E-state index in [0.29, 0.717) is 0 Å². The number of hydrogen-bond donors (Lipinski definition) is 0. The molecule has 1 heterocycles. The van der Waals surface area contributed by atoms with Gasteiger partial charge in [0.15, 0.2) is 0 Å². The number of nitrogens with zero attached hydrogens (tertiary/aromatic N) is 1. The van der Waals surface area contributed by atoms with Crippen molar-refractivity contribution in [2.75, 3.05) is 11.2 Å². The van der Waals surface area contributed by atoms with Gasteiger partial charge in [-0.15, -0.1) is 0 Å². The Morgan fingerprint density at radius 1 is 0.875 bits per heavy atom. The first-order valence-electron chi connectivity index (χ1n) is 10.2. The molecule has 0 radical (unpaired) electrons. The topological polar surface area (TPSA) is 22.1 Å². The molecule has 24 heavy (non-hydrogen) atoms.